The van der Waals surface area contributed by atoms with E-state index in [0.29, 0.717) is 10.9 Å². The van der Waals surface area contributed by atoms with Gasteiger partial charge in [-0.2, -0.15) is 0 Å². The Morgan fingerprint density at radius 2 is 1.94 bits per heavy atom. The lowest BCUT2D eigenvalue weighted by molar-refractivity contribution is 0.214. The average molecular weight is 256 g/mol. The van der Waals surface area contributed by atoms with Crippen LogP contribution in [-0.4, -0.2) is 19.2 Å². The fourth-order valence-electron chi connectivity index (χ4n) is 1.53. The Kier molecular flexibility index (Phi) is 5.79. The Labute approximate surface area is 109 Å². The van der Waals surface area contributed by atoms with Crippen molar-refractivity contribution in [3.8, 4) is 5.75 Å². The van der Waals surface area contributed by atoms with Gasteiger partial charge in [0.15, 0.2) is 0 Å². The molecule has 0 saturated heterocycles. The first kappa shape index (κ1) is 14.3. The number of ether oxygens (including phenoxy) is 1. The molecule has 17 heavy (non-hydrogen) atoms. The van der Waals surface area contributed by atoms with Gasteiger partial charge in [0, 0.05) is 11.6 Å². The van der Waals surface area contributed by atoms with Crippen LogP contribution < -0.4 is 10.1 Å². The molecule has 1 unspecified atom stereocenters. The first-order valence-electron chi connectivity index (χ1n) is 6.12. The number of hydrogen-bond donors (Lipinski definition) is 1. The van der Waals surface area contributed by atoms with Gasteiger partial charge in [0.05, 0.1) is 0 Å². The van der Waals surface area contributed by atoms with E-state index in [1.54, 1.807) is 0 Å². The first-order chi connectivity index (χ1) is 7.99. The quantitative estimate of drug-likeness (QED) is 0.838. The van der Waals surface area contributed by atoms with E-state index in [-0.39, 0.29) is 6.10 Å². The molecule has 0 radical (unpaired) electrons. The molecule has 1 aromatic rings. The van der Waals surface area contributed by atoms with Crippen molar-refractivity contribution in [2.24, 2.45) is 5.92 Å². The van der Waals surface area contributed by atoms with Crippen molar-refractivity contribution in [2.75, 3.05) is 13.1 Å². The molecule has 0 bridgehead atoms. The van der Waals surface area contributed by atoms with Crippen LogP contribution in [0.2, 0.25) is 5.02 Å². The number of hydrogen-bond acceptors (Lipinski definition) is 2. The largest absolute Gasteiger partial charge is 0.489 e. The Balaban J connectivity index is 2.44. The van der Waals surface area contributed by atoms with E-state index in [0.717, 1.165) is 24.4 Å². The average Bonchev–Trinajstić information content (AvgIpc) is 2.23. The molecule has 0 spiro atoms. The molecule has 96 valence electrons. The molecule has 1 N–H and O–H groups in total. The molecule has 0 heterocycles. The summed E-state index contributed by atoms with van der Waals surface area (Å²) in [5.74, 6) is 1.53. The predicted octanol–water partition coefficient (Wildman–Crippen LogP) is 3.66. The van der Waals surface area contributed by atoms with Crippen LogP contribution in [0.25, 0.3) is 0 Å². The van der Waals surface area contributed by atoms with Crippen molar-refractivity contribution in [3.05, 3.63) is 28.8 Å². The summed E-state index contributed by atoms with van der Waals surface area (Å²) < 4.78 is 5.86. The standard InChI is InChI=1S/C14H22ClNO/c1-10(2)8-16-9-12(4)17-14-7-13(15)6-5-11(14)3/h5-7,10,12,16H,8-9H2,1-4H3. The van der Waals surface area contributed by atoms with Crippen molar-refractivity contribution in [3.63, 3.8) is 0 Å². The van der Waals surface area contributed by atoms with Crippen LogP contribution in [0.4, 0.5) is 0 Å². The zero-order valence-corrected chi connectivity index (χ0v) is 11.8. The van der Waals surface area contributed by atoms with Gasteiger partial charge < -0.3 is 10.1 Å². The van der Waals surface area contributed by atoms with Crippen LogP contribution in [0.1, 0.15) is 26.3 Å². The molecule has 0 saturated carbocycles. The van der Waals surface area contributed by atoms with Crippen LogP contribution in [0.5, 0.6) is 5.75 Å². The van der Waals surface area contributed by atoms with Crippen molar-refractivity contribution < 1.29 is 4.74 Å². The van der Waals surface area contributed by atoms with Gasteiger partial charge in [-0.3, -0.25) is 0 Å². The van der Waals surface area contributed by atoms with E-state index < -0.39 is 0 Å². The molecule has 0 amide bonds. The second kappa shape index (κ2) is 6.87. The molecule has 0 aliphatic heterocycles. The van der Waals surface area contributed by atoms with E-state index in [1.165, 1.54) is 0 Å². The second-order valence-electron chi connectivity index (χ2n) is 4.89. The SMILES string of the molecule is Cc1ccc(Cl)cc1OC(C)CNCC(C)C. The number of rotatable bonds is 6. The summed E-state index contributed by atoms with van der Waals surface area (Å²) >= 11 is 5.95. The Bertz CT molecular complexity index is 352. The van der Waals surface area contributed by atoms with E-state index in [9.17, 15) is 0 Å². The molecule has 0 aliphatic rings. The summed E-state index contributed by atoms with van der Waals surface area (Å²) in [7, 11) is 0. The summed E-state index contributed by atoms with van der Waals surface area (Å²) in [6.07, 6.45) is 0.144. The minimum atomic E-state index is 0.144. The van der Waals surface area contributed by atoms with E-state index in [1.807, 2.05) is 25.1 Å². The Hall–Kier alpha value is -0.730. The molecule has 1 aromatic carbocycles. The lowest BCUT2D eigenvalue weighted by Crippen LogP contribution is -2.31. The number of benzene rings is 1. The summed E-state index contributed by atoms with van der Waals surface area (Å²) in [4.78, 5) is 0. The monoisotopic (exact) mass is 255 g/mol. The summed E-state index contributed by atoms with van der Waals surface area (Å²) in [6.45, 7) is 10.3. The highest BCUT2D eigenvalue weighted by atomic mass is 35.5. The smallest absolute Gasteiger partial charge is 0.124 e. The van der Waals surface area contributed by atoms with Crippen molar-refractivity contribution in [2.45, 2.75) is 33.8 Å². The Morgan fingerprint density at radius 1 is 1.24 bits per heavy atom. The number of halogens is 1. The summed E-state index contributed by atoms with van der Waals surface area (Å²) in [5.41, 5.74) is 1.12. The predicted molar refractivity (Wildman–Crippen MR) is 74.0 cm³/mol. The van der Waals surface area contributed by atoms with E-state index in [2.05, 4.69) is 26.1 Å². The number of nitrogens with one attached hydrogen (secondary N) is 1. The molecule has 1 atom stereocenters. The summed E-state index contributed by atoms with van der Waals surface area (Å²) in [5, 5.41) is 4.10. The molecule has 1 rings (SSSR count). The van der Waals surface area contributed by atoms with Crippen molar-refractivity contribution >= 4 is 11.6 Å². The zero-order valence-electron chi connectivity index (χ0n) is 11.1. The molecular weight excluding hydrogens is 234 g/mol. The van der Waals surface area contributed by atoms with Gasteiger partial charge in [0.25, 0.3) is 0 Å². The van der Waals surface area contributed by atoms with Crippen LogP contribution in [0, 0.1) is 12.8 Å². The second-order valence-corrected chi connectivity index (χ2v) is 5.33. The third-order valence-corrected chi connectivity index (χ3v) is 2.70. The van der Waals surface area contributed by atoms with Crippen LogP contribution in [0.3, 0.4) is 0 Å². The number of aryl methyl sites for hydroxylation is 1. The maximum atomic E-state index is 5.95. The fraction of sp³-hybridized carbons (Fsp3) is 0.571. The minimum Gasteiger partial charge on any atom is -0.489 e. The van der Waals surface area contributed by atoms with Gasteiger partial charge >= 0.3 is 0 Å². The van der Waals surface area contributed by atoms with Gasteiger partial charge in [-0.1, -0.05) is 31.5 Å². The van der Waals surface area contributed by atoms with Gasteiger partial charge in [0.1, 0.15) is 11.9 Å². The van der Waals surface area contributed by atoms with E-state index in [4.69, 9.17) is 16.3 Å². The van der Waals surface area contributed by atoms with Gasteiger partial charge in [-0.05, 0) is 44.0 Å². The maximum absolute atomic E-state index is 5.95. The third-order valence-electron chi connectivity index (χ3n) is 2.46. The van der Waals surface area contributed by atoms with Crippen molar-refractivity contribution in [1.82, 2.24) is 5.32 Å². The first-order valence-corrected chi connectivity index (χ1v) is 6.50. The zero-order chi connectivity index (χ0) is 12.8. The lowest BCUT2D eigenvalue weighted by atomic mass is 10.2. The third kappa shape index (κ3) is 5.42. The molecule has 0 aromatic heterocycles. The maximum Gasteiger partial charge on any atom is 0.124 e. The van der Waals surface area contributed by atoms with Gasteiger partial charge in [0.2, 0.25) is 0 Å². The Morgan fingerprint density at radius 3 is 2.59 bits per heavy atom. The van der Waals surface area contributed by atoms with Crippen molar-refractivity contribution in [1.29, 1.82) is 0 Å². The fourth-order valence-corrected chi connectivity index (χ4v) is 1.70. The normalized spacial score (nSPS) is 12.8. The lowest BCUT2D eigenvalue weighted by Gasteiger charge is -2.18. The minimum absolute atomic E-state index is 0.144. The molecule has 2 nitrogen and oxygen atoms in total. The molecule has 0 fully saturated rings. The van der Waals surface area contributed by atoms with Crippen LogP contribution >= 0.6 is 11.6 Å². The van der Waals surface area contributed by atoms with Gasteiger partial charge in [-0.25, -0.2) is 0 Å². The highest BCUT2D eigenvalue weighted by molar-refractivity contribution is 6.30. The van der Waals surface area contributed by atoms with Crippen LogP contribution in [-0.2, 0) is 0 Å². The van der Waals surface area contributed by atoms with Gasteiger partial charge in [-0.15, -0.1) is 0 Å². The summed E-state index contributed by atoms with van der Waals surface area (Å²) in [6, 6.07) is 5.73. The topological polar surface area (TPSA) is 21.3 Å². The molecular formula is C14H22ClNO. The van der Waals surface area contributed by atoms with Crippen LogP contribution in [0.15, 0.2) is 18.2 Å². The highest BCUT2D eigenvalue weighted by Crippen LogP contribution is 2.23. The highest BCUT2D eigenvalue weighted by Gasteiger charge is 2.07. The molecule has 0 aliphatic carbocycles. The molecule has 3 heteroatoms. The van der Waals surface area contributed by atoms with E-state index >= 15 is 0 Å².